The van der Waals surface area contributed by atoms with Crippen molar-refractivity contribution in [2.24, 2.45) is 0 Å². The van der Waals surface area contributed by atoms with E-state index < -0.39 is 5.97 Å². The molecule has 3 heterocycles. The first kappa shape index (κ1) is 15.9. The number of aromatic nitrogens is 4. The average molecular weight is 348 g/mol. The number of nitrogens with zero attached hydrogens (tertiary/aromatic N) is 4. The summed E-state index contributed by atoms with van der Waals surface area (Å²) in [5.74, 6) is -0.768. The Hall–Kier alpha value is -3.61. The molecule has 4 rings (SSSR count). The molecule has 0 bridgehead atoms. The number of pyridine rings is 2. The zero-order valence-corrected chi connectivity index (χ0v) is 13.8. The van der Waals surface area contributed by atoms with Gasteiger partial charge in [-0.3, -0.25) is 4.98 Å². The summed E-state index contributed by atoms with van der Waals surface area (Å²) >= 11 is 0. The minimum absolute atomic E-state index is 0.322. The zero-order chi connectivity index (χ0) is 18.1. The van der Waals surface area contributed by atoms with Crippen LogP contribution >= 0.6 is 0 Å². The number of rotatable bonds is 3. The van der Waals surface area contributed by atoms with E-state index in [0.29, 0.717) is 22.5 Å². The molecule has 0 unspecified atom stereocenters. The van der Waals surface area contributed by atoms with Crippen LogP contribution in [0, 0.1) is 5.82 Å². The van der Waals surface area contributed by atoms with Gasteiger partial charge < -0.3 is 4.74 Å². The molecule has 0 atom stereocenters. The third-order valence-corrected chi connectivity index (χ3v) is 4.06. The third kappa shape index (κ3) is 2.59. The summed E-state index contributed by atoms with van der Waals surface area (Å²) in [6.45, 7) is 0. The minimum Gasteiger partial charge on any atom is -0.465 e. The van der Waals surface area contributed by atoms with E-state index in [0.717, 1.165) is 10.9 Å². The highest BCUT2D eigenvalue weighted by Crippen LogP contribution is 2.30. The van der Waals surface area contributed by atoms with Gasteiger partial charge in [0.2, 0.25) is 0 Å². The maximum atomic E-state index is 13.2. The quantitative estimate of drug-likeness (QED) is 0.531. The van der Waals surface area contributed by atoms with E-state index in [1.165, 1.54) is 25.4 Å². The first-order valence-corrected chi connectivity index (χ1v) is 7.80. The van der Waals surface area contributed by atoms with E-state index in [1.54, 1.807) is 47.5 Å². The van der Waals surface area contributed by atoms with Crippen molar-refractivity contribution in [1.82, 2.24) is 19.7 Å². The van der Waals surface area contributed by atoms with Crippen LogP contribution in [0.5, 0.6) is 0 Å². The summed E-state index contributed by atoms with van der Waals surface area (Å²) in [5.41, 5.74) is 3.08. The molecular formula is C19H13FN4O2. The molecule has 3 aromatic heterocycles. The van der Waals surface area contributed by atoms with Crippen molar-refractivity contribution >= 4 is 17.0 Å². The predicted octanol–water partition coefficient (Wildman–Crippen LogP) is 3.41. The van der Waals surface area contributed by atoms with Crippen LogP contribution in [0.3, 0.4) is 0 Å². The molecule has 128 valence electrons. The van der Waals surface area contributed by atoms with Gasteiger partial charge in [-0.25, -0.2) is 18.9 Å². The summed E-state index contributed by atoms with van der Waals surface area (Å²) in [7, 11) is 1.33. The number of halogens is 1. The predicted molar refractivity (Wildman–Crippen MR) is 93.4 cm³/mol. The summed E-state index contributed by atoms with van der Waals surface area (Å²) < 4.78 is 19.7. The Bertz CT molecular complexity index is 1110. The SMILES string of the molecule is COC(=O)c1ccncc1-c1ccnc2c1cnn2-c1ccc(F)cc1. The van der Waals surface area contributed by atoms with Gasteiger partial charge in [-0.2, -0.15) is 5.10 Å². The van der Waals surface area contributed by atoms with Crippen molar-refractivity contribution in [1.29, 1.82) is 0 Å². The molecule has 0 saturated carbocycles. The Kier molecular flexibility index (Phi) is 3.89. The van der Waals surface area contributed by atoms with E-state index in [-0.39, 0.29) is 5.82 Å². The van der Waals surface area contributed by atoms with Crippen LogP contribution in [0.25, 0.3) is 27.8 Å². The van der Waals surface area contributed by atoms with Gasteiger partial charge in [0.05, 0.1) is 24.6 Å². The van der Waals surface area contributed by atoms with Gasteiger partial charge in [-0.15, -0.1) is 0 Å². The molecule has 0 saturated heterocycles. The average Bonchev–Trinajstić information content (AvgIpc) is 3.12. The topological polar surface area (TPSA) is 69.9 Å². The highest BCUT2D eigenvalue weighted by atomic mass is 19.1. The molecule has 0 amide bonds. The summed E-state index contributed by atoms with van der Waals surface area (Å²) in [5, 5.41) is 5.12. The van der Waals surface area contributed by atoms with Gasteiger partial charge in [0.25, 0.3) is 0 Å². The molecule has 4 aromatic rings. The second-order valence-corrected chi connectivity index (χ2v) is 5.54. The molecule has 1 aromatic carbocycles. The summed E-state index contributed by atoms with van der Waals surface area (Å²) in [6, 6.07) is 9.38. The van der Waals surface area contributed by atoms with Crippen molar-refractivity contribution in [2.75, 3.05) is 7.11 Å². The Morgan fingerprint density at radius 1 is 1.04 bits per heavy atom. The van der Waals surface area contributed by atoms with E-state index in [4.69, 9.17) is 4.74 Å². The van der Waals surface area contributed by atoms with Gasteiger partial charge in [-0.1, -0.05) is 0 Å². The minimum atomic E-state index is -0.446. The lowest BCUT2D eigenvalue weighted by atomic mass is 10.0. The monoisotopic (exact) mass is 348 g/mol. The van der Waals surface area contributed by atoms with Crippen molar-refractivity contribution in [3.8, 4) is 16.8 Å². The Labute approximate surface area is 147 Å². The Morgan fingerprint density at radius 2 is 1.85 bits per heavy atom. The normalized spacial score (nSPS) is 10.8. The molecule has 0 fully saturated rings. The van der Waals surface area contributed by atoms with Gasteiger partial charge in [0.1, 0.15) is 5.82 Å². The molecule has 6 nitrogen and oxygen atoms in total. The fourth-order valence-electron chi connectivity index (χ4n) is 2.83. The number of fused-ring (bicyclic) bond motifs is 1. The van der Waals surface area contributed by atoms with Crippen molar-refractivity contribution < 1.29 is 13.9 Å². The Balaban J connectivity index is 1.92. The molecule has 0 spiro atoms. The number of carbonyl (C=O) groups excluding carboxylic acids is 1. The number of ether oxygens (including phenoxy) is 1. The van der Waals surface area contributed by atoms with Crippen LogP contribution in [-0.4, -0.2) is 32.8 Å². The van der Waals surface area contributed by atoms with Crippen molar-refractivity contribution in [3.63, 3.8) is 0 Å². The third-order valence-electron chi connectivity index (χ3n) is 4.06. The van der Waals surface area contributed by atoms with E-state index >= 15 is 0 Å². The van der Waals surface area contributed by atoms with E-state index in [2.05, 4.69) is 15.1 Å². The lowest BCUT2D eigenvalue weighted by molar-refractivity contribution is 0.0601. The standard InChI is InChI=1S/C19H13FN4O2/c1-26-19(25)15-6-8-21-10-16(15)14-7-9-22-18-17(14)11-23-24(18)13-4-2-12(20)3-5-13/h2-11H,1H3. The van der Waals surface area contributed by atoms with Gasteiger partial charge in [0, 0.05) is 29.5 Å². The second kappa shape index (κ2) is 6.36. The molecule has 0 aliphatic carbocycles. The van der Waals surface area contributed by atoms with Crippen LogP contribution in [0.15, 0.2) is 61.2 Å². The highest BCUT2D eigenvalue weighted by molar-refractivity contribution is 6.02. The summed E-state index contributed by atoms with van der Waals surface area (Å²) in [6.07, 6.45) is 6.44. The van der Waals surface area contributed by atoms with Gasteiger partial charge in [-0.05, 0) is 42.0 Å². The molecule has 7 heteroatoms. The number of carbonyl (C=O) groups is 1. The van der Waals surface area contributed by atoms with E-state index in [1.807, 2.05) is 0 Å². The lowest BCUT2D eigenvalue weighted by Crippen LogP contribution is -2.04. The molecular weight excluding hydrogens is 335 g/mol. The molecule has 0 radical (unpaired) electrons. The maximum absolute atomic E-state index is 13.2. The van der Waals surface area contributed by atoms with Crippen LogP contribution in [0.4, 0.5) is 4.39 Å². The first-order chi connectivity index (χ1) is 12.7. The Morgan fingerprint density at radius 3 is 2.62 bits per heavy atom. The fourth-order valence-corrected chi connectivity index (χ4v) is 2.83. The van der Waals surface area contributed by atoms with E-state index in [9.17, 15) is 9.18 Å². The number of methoxy groups -OCH3 is 1. The molecule has 0 aliphatic heterocycles. The number of hydrogen-bond acceptors (Lipinski definition) is 5. The zero-order valence-electron chi connectivity index (χ0n) is 13.8. The number of esters is 1. The van der Waals surface area contributed by atoms with Crippen LogP contribution in [0.2, 0.25) is 0 Å². The number of benzene rings is 1. The van der Waals surface area contributed by atoms with Gasteiger partial charge in [0.15, 0.2) is 5.65 Å². The molecule has 26 heavy (non-hydrogen) atoms. The van der Waals surface area contributed by atoms with Crippen LogP contribution < -0.4 is 0 Å². The lowest BCUT2D eigenvalue weighted by Gasteiger charge is -2.08. The molecule has 0 aliphatic rings. The largest absolute Gasteiger partial charge is 0.465 e. The van der Waals surface area contributed by atoms with Gasteiger partial charge >= 0.3 is 5.97 Å². The number of hydrogen-bond donors (Lipinski definition) is 0. The fraction of sp³-hybridized carbons (Fsp3) is 0.0526. The molecule has 0 N–H and O–H groups in total. The van der Waals surface area contributed by atoms with Crippen LogP contribution in [0.1, 0.15) is 10.4 Å². The summed E-state index contributed by atoms with van der Waals surface area (Å²) in [4.78, 5) is 20.6. The maximum Gasteiger partial charge on any atom is 0.338 e. The van der Waals surface area contributed by atoms with Crippen molar-refractivity contribution in [2.45, 2.75) is 0 Å². The van der Waals surface area contributed by atoms with Crippen LogP contribution in [-0.2, 0) is 4.74 Å². The van der Waals surface area contributed by atoms with Crippen molar-refractivity contribution in [3.05, 3.63) is 72.6 Å². The smallest absolute Gasteiger partial charge is 0.338 e. The second-order valence-electron chi connectivity index (χ2n) is 5.54. The highest BCUT2D eigenvalue weighted by Gasteiger charge is 2.17. The first-order valence-electron chi connectivity index (χ1n) is 7.80.